The smallest absolute Gasteiger partial charge is 0.303 e. The fraction of sp³-hybridized carbons (Fsp3) is 0.200. The second-order valence-electron chi connectivity index (χ2n) is 4.32. The number of ether oxygens (including phenoxy) is 1. The molecule has 2 N–H and O–H groups in total. The van der Waals surface area contributed by atoms with Gasteiger partial charge in [0.1, 0.15) is 10.6 Å². The van der Waals surface area contributed by atoms with Gasteiger partial charge in [-0.1, -0.05) is 18.2 Å². The molecule has 0 aliphatic carbocycles. The molecule has 2 aromatic rings. The van der Waals surface area contributed by atoms with Crippen LogP contribution >= 0.6 is 11.3 Å². The molecule has 1 amide bonds. The number of benzene rings is 1. The van der Waals surface area contributed by atoms with Crippen LogP contribution in [0.1, 0.15) is 21.7 Å². The number of para-hydroxylation sites is 1. The minimum Gasteiger partial charge on any atom is -0.495 e. The molecule has 2 rings (SSSR count). The summed E-state index contributed by atoms with van der Waals surface area (Å²) >= 11 is 1.29. The first kappa shape index (κ1) is 15.1. The number of carboxylic acids is 1. The Morgan fingerprint density at radius 1 is 1.29 bits per heavy atom. The Morgan fingerprint density at radius 3 is 2.76 bits per heavy atom. The number of methoxy groups -OCH3 is 1. The summed E-state index contributed by atoms with van der Waals surface area (Å²) in [5, 5.41) is 13.4. The van der Waals surface area contributed by atoms with Crippen molar-refractivity contribution >= 4 is 28.9 Å². The Kier molecular flexibility index (Phi) is 4.94. The van der Waals surface area contributed by atoms with Gasteiger partial charge in [-0.15, -0.1) is 11.3 Å². The molecule has 0 aliphatic heterocycles. The van der Waals surface area contributed by atoms with Crippen LogP contribution in [0.3, 0.4) is 0 Å². The van der Waals surface area contributed by atoms with Crippen LogP contribution < -0.4 is 10.1 Å². The largest absolute Gasteiger partial charge is 0.495 e. The number of anilines is 1. The standard InChI is InChI=1S/C15H15NO4S/c1-20-12-8-9-21-14(12)15(19)16-11-5-3-2-4-10(11)6-7-13(17)18/h2-5,8-9H,6-7H2,1H3,(H,16,19)(H,17,18). The fourth-order valence-electron chi connectivity index (χ4n) is 1.90. The van der Waals surface area contributed by atoms with E-state index in [0.717, 1.165) is 5.56 Å². The van der Waals surface area contributed by atoms with Crippen LogP contribution in [0.5, 0.6) is 5.75 Å². The van der Waals surface area contributed by atoms with Crippen molar-refractivity contribution in [3.63, 3.8) is 0 Å². The van der Waals surface area contributed by atoms with Crippen molar-refractivity contribution in [3.8, 4) is 5.75 Å². The molecule has 0 saturated carbocycles. The molecule has 1 heterocycles. The van der Waals surface area contributed by atoms with Gasteiger partial charge in [-0.05, 0) is 29.5 Å². The SMILES string of the molecule is COc1ccsc1C(=O)Nc1ccccc1CCC(=O)O. The van der Waals surface area contributed by atoms with Crippen molar-refractivity contribution in [2.75, 3.05) is 12.4 Å². The Balaban J connectivity index is 2.15. The maximum atomic E-state index is 12.2. The van der Waals surface area contributed by atoms with Crippen LogP contribution in [-0.4, -0.2) is 24.1 Å². The van der Waals surface area contributed by atoms with Crippen LogP contribution in [0.2, 0.25) is 0 Å². The second-order valence-corrected chi connectivity index (χ2v) is 5.24. The highest BCUT2D eigenvalue weighted by molar-refractivity contribution is 7.12. The molecule has 110 valence electrons. The van der Waals surface area contributed by atoms with Gasteiger partial charge >= 0.3 is 5.97 Å². The van der Waals surface area contributed by atoms with Gasteiger partial charge in [0, 0.05) is 12.1 Å². The molecule has 0 spiro atoms. The first-order chi connectivity index (χ1) is 10.1. The van der Waals surface area contributed by atoms with E-state index in [4.69, 9.17) is 9.84 Å². The zero-order chi connectivity index (χ0) is 15.2. The van der Waals surface area contributed by atoms with E-state index in [1.807, 2.05) is 12.1 Å². The van der Waals surface area contributed by atoms with Crippen molar-refractivity contribution in [2.24, 2.45) is 0 Å². The van der Waals surface area contributed by atoms with Gasteiger partial charge in [0.25, 0.3) is 5.91 Å². The first-order valence-corrected chi connectivity index (χ1v) is 7.22. The zero-order valence-electron chi connectivity index (χ0n) is 11.5. The predicted octanol–water partition coefficient (Wildman–Crippen LogP) is 3.03. The number of hydrogen-bond donors (Lipinski definition) is 2. The van der Waals surface area contributed by atoms with Crippen molar-refractivity contribution in [2.45, 2.75) is 12.8 Å². The highest BCUT2D eigenvalue weighted by Crippen LogP contribution is 2.26. The molecule has 1 aromatic carbocycles. The lowest BCUT2D eigenvalue weighted by Crippen LogP contribution is -2.13. The van der Waals surface area contributed by atoms with E-state index in [-0.39, 0.29) is 12.3 Å². The number of carbonyl (C=O) groups is 2. The Morgan fingerprint density at radius 2 is 2.05 bits per heavy atom. The van der Waals surface area contributed by atoms with Crippen LogP contribution in [0.15, 0.2) is 35.7 Å². The lowest BCUT2D eigenvalue weighted by atomic mass is 10.1. The number of aliphatic carboxylic acids is 1. The minimum atomic E-state index is -0.865. The maximum Gasteiger partial charge on any atom is 0.303 e. The monoisotopic (exact) mass is 305 g/mol. The lowest BCUT2D eigenvalue weighted by molar-refractivity contribution is -0.136. The van der Waals surface area contributed by atoms with E-state index in [1.165, 1.54) is 18.4 Å². The second kappa shape index (κ2) is 6.90. The van der Waals surface area contributed by atoms with Gasteiger partial charge in [0.05, 0.1) is 7.11 Å². The van der Waals surface area contributed by atoms with Crippen molar-refractivity contribution in [3.05, 3.63) is 46.2 Å². The molecule has 0 atom stereocenters. The van der Waals surface area contributed by atoms with Crippen molar-refractivity contribution < 1.29 is 19.4 Å². The minimum absolute atomic E-state index is 0.0230. The number of thiophene rings is 1. The van der Waals surface area contributed by atoms with Gasteiger partial charge in [-0.3, -0.25) is 9.59 Å². The number of hydrogen-bond acceptors (Lipinski definition) is 4. The summed E-state index contributed by atoms with van der Waals surface area (Å²) in [7, 11) is 1.51. The summed E-state index contributed by atoms with van der Waals surface area (Å²) in [6.07, 6.45) is 0.391. The number of rotatable bonds is 6. The fourth-order valence-corrected chi connectivity index (χ4v) is 2.66. The predicted molar refractivity (Wildman–Crippen MR) is 81.2 cm³/mol. The molecule has 0 fully saturated rings. The Bertz CT molecular complexity index is 651. The summed E-state index contributed by atoms with van der Waals surface area (Å²) in [6.45, 7) is 0. The highest BCUT2D eigenvalue weighted by atomic mass is 32.1. The average Bonchev–Trinajstić information content (AvgIpc) is 2.94. The average molecular weight is 305 g/mol. The lowest BCUT2D eigenvalue weighted by Gasteiger charge is -2.10. The highest BCUT2D eigenvalue weighted by Gasteiger charge is 2.15. The molecule has 0 aliphatic rings. The normalized spacial score (nSPS) is 10.1. The number of carbonyl (C=O) groups excluding carboxylic acids is 1. The summed E-state index contributed by atoms with van der Waals surface area (Å²) in [6, 6.07) is 8.92. The maximum absolute atomic E-state index is 12.2. The summed E-state index contributed by atoms with van der Waals surface area (Å²) < 4.78 is 5.13. The summed E-state index contributed by atoms with van der Waals surface area (Å²) in [4.78, 5) is 23.4. The van der Waals surface area contributed by atoms with E-state index < -0.39 is 5.97 Å². The molecule has 6 heteroatoms. The molecular weight excluding hydrogens is 290 g/mol. The van der Waals surface area contributed by atoms with Gasteiger partial charge in [0.15, 0.2) is 0 Å². The number of carboxylic acid groups (broad SMARTS) is 1. The van der Waals surface area contributed by atoms with Crippen molar-refractivity contribution in [1.82, 2.24) is 0 Å². The molecule has 0 unspecified atom stereocenters. The Hall–Kier alpha value is -2.34. The molecule has 1 aromatic heterocycles. The van der Waals surface area contributed by atoms with E-state index in [9.17, 15) is 9.59 Å². The molecule has 0 radical (unpaired) electrons. The molecular formula is C15H15NO4S. The zero-order valence-corrected chi connectivity index (χ0v) is 12.3. The molecule has 0 bridgehead atoms. The van der Waals surface area contributed by atoms with E-state index in [0.29, 0.717) is 22.7 Å². The van der Waals surface area contributed by atoms with Crippen LogP contribution in [0, 0.1) is 0 Å². The topological polar surface area (TPSA) is 75.6 Å². The van der Waals surface area contributed by atoms with Gasteiger partial charge in [-0.25, -0.2) is 0 Å². The van der Waals surface area contributed by atoms with Crippen molar-refractivity contribution in [1.29, 1.82) is 0 Å². The quantitative estimate of drug-likeness (QED) is 0.860. The summed E-state index contributed by atoms with van der Waals surface area (Å²) in [5.74, 6) is -0.596. The van der Waals surface area contributed by atoms with Crippen LogP contribution in [-0.2, 0) is 11.2 Å². The summed E-state index contributed by atoms with van der Waals surface area (Å²) in [5.41, 5.74) is 1.42. The van der Waals surface area contributed by atoms with Gasteiger partial charge in [-0.2, -0.15) is 0 Å². The van der Waals surface area contributed by atoms with E-state index in [2.05, 4.69) is 5.32 Å². The Labute approximate surface area is 126 Å². The van der Waals surface area contributed by atoms with Gasteiger partial charge < -0.3 is 15.2 Å². The molecule has 5 nitrogen and oxygen atoms in total. The number of aryl methyl sites for hydroxylation is 1. The van der Waals surface area contributed by atoms with Crippen LogP contribution in [0.25, 0.3) is 0 Å². The number of nitrogens with one attached hydrogen (secondary N) is 1. The van der Waals surface area contributed by atoms with E-state index >= 15 is 0 Å². The van der Waals surface area contributed by atoms with E-state index in [1.54, 1.807) is 23.6 Å². The molecule has 21 heavy (non-hydrogen) atoms. The third kappa shape index (κ3) is 3.82. The number of amides is 1. The third-order valence-corrected chi connectivity index (χ3v) is 3.82. The van der Waals surface area contributed by atoms with Crippen LogP contribution in [0.4, 0.5) is 5.69 Å². The first-order valence-electron chi connectivity index (χ1n) is 6.34. The third-order valence-electron chi connectivity index (χ3n) is 2.93. The van der Waals surface area contributed by atoms with Gasteiger partial charge in [0.2, 0.25) is 0 Å². The molecule has 0 saturated heterocycles.